The quantitative estimate of drug-likeness (QED) is 0.776. The van der Waals surface area contributed by atoms with E-state index in [4.69, 9.17) is 16.3 Å². The number of nitrogens with zero attached hydrogens (tertiary/aromatic N) is 2. The molecule has 0 saturated carbocycles. The first kappa shape index (κ1) is 14.5. The first-order valence-electron chi connectivity index (χ1n) is 6.30. The summed E-state index contributed by atoms with van der Waals surface area (Å²) in [5, 5.41) is 2.97. The van der Waals surface area contributed by atoms with Gasteiger partial charge in [-0.05, 0) is 24.3 Å². The van der Waals surface area contributed by atoms with Gasteiger partial charge in [0.15, 0.2) is 5.15 Å². The van der Waals surface area contributed by atoms with Gasteiger partial charge < -0.3 is 10.1 Å². The molecule has 0 spiro atoms. The number of aromatic nitrogens is 2. The number of ether oxygens (including phenoxy) is 1. The van der Waals surface area contributed by atoms with Crippen LogP contribution in [0.5, 0.6) is 11.5 Å². The van der Waals surface area contributed by atoms with Gasteiger partial charge in [0.2, 0.25) is 0 Å². The van der Waals surface area contributed by atoms with Crippen LogP contribution in [0.15, 0.2) is 54.3 Å². The molecule has 3 aromatic rings. The molecular weight excluding hydrogens is 322 g/mol. The maximum absolute atomic E-state index is 12.1. The van der Waals surface area contributed by atoms with Crippen LogP contribution in [0, 0.1) is 0 Å². The third kappa shape index (κ3) is 3.41. The fourth-order valence-electron chi connectivity index (χ4n) is 1.75. The molecule has 2 heterocycles. The number of rotatable bonds is 4. The molecule has 0 aliphatic carbocycles. The fourth-order valence-corrected chi connectivity index (χ4v) is 2.65. The first-order valence-corrected chi connectivity index (χ1v) is 7.56. The molecule has 0 aliphatic heterocycles. The molecule has 110 valence electrons. The zero-order chi connectivity index (χ0) is 15.4. The molecule has 1 amide bonds. The second-order valence-electron chi connectivity index (χ2n) is 4.24. The van der Waals surface area contributed by atoms with Gasteiger partial charge in [-0.25, -0.2) is 4.98 Å². The maximum Gasteiger partial charge on any atom is 0.268 e. The van der Waals surface area contributed by atoms with E-state index >= 15 is 0 Å². The monoisotopic (exact) mass is 331 g/mol. The normalized spacial score (nSPS) is 10.2. The molecule has 0 unspecified atom stereocenters. The lowest BCUT2D eigenvalue weighted by molar-refractivity contribution is 0.103. The summed E-state index contributed by atoms with van der Waals surface area (Å²) >= 11 is 7.04. The Morgan fingerprint density at radius 2 is 2.00 bits per heavy atom. The van der Waals surface area contributed by atoms with Gasteiger partial charge in [0.05, 0.1) is 5.51 Å². The summed E-state index contributed by atoms with van der Waals surface area (Å²) in [5.41, 5.74) is 2.14. The Morgan fingerprint density at radius 1 is 1.18 bits per heavy atom. The number of pyridine rings is 1. The number of carbonyl (C=O) groups is 1. The lowest BCUT2D eigenvalue weighted by Gasteiger charge is -2.08. The molecule has 5 nitrogen and oxygen atoms in total. The van der Waals surface area contributed by atoms with Crippen molar-refractivity contribution in [2.24, 2.45) is 0 Å². The van der Waals surface area contributed by atoms with Crippen LogP contribution in [-0.4, -0.2) is 15.9 Å². The SMILES string of the molecule is O=C(Nc1cccc(Oc2ccncc2)c1)c1scnc1Cl. The third-order valence-corrected chi connectivity index (χ3v) is 3.93. The van der Waals surface area contributed by atoms with Crippen LogP contribution in [0.25, 0.3) is 0 Å². The molecule has 22 heavy (non-hydrogen) atoms. The lowest BCUT2D eigenvalue weighted by atomic mass is 10.3. The molecule has 0 radical (unpaired) electrons. The van der Waals surface area contributed by atoms with E-state index < -0.39 is 0 Å². The molecule has 0 fully saturated rings. The first-order chi connectivity index (χ1) is 10.7. The van der Waals surface area contributed by atoms with Crippen molar-refractivity contribution in [2.75, 3.05) is 5.32 Å². The van der Waals surface area contributed by atoms with Crippen molar-refractivity contribution in [1.29, 1.82) is 0 Å². The molecule has 0 aliphatic rings. The highest BCUT2D eigenvalue weighted by molar-refractivity contribution is 7.12. The number of amides is 1. The van der Waals surface area contributed by atoms with Crippen molar-refractivity contribution < 1.29 is 9.53 Å². The van der Waals surface area contributed by atoms with Crippen LogP contribution >= 0.6 is 22.9 Å². The van der Waals surface area contributed by atoms with Gasteiger partial charge in [-0.3, -0.25) is 9.78 Å². The highest BCUT2D eigenvalue weighted by atomic mass is 35.5. The second-order valence-corrected chi connectivity index (χ2v) is 5.45. The van der Waals surface area contributed by atoms with Crippen molar-refractivity contribution in [3.05, 3.63) is 64.3 Å². The molecular formula is C15H10ClN3O2S. The third-order valence-electron chi connectivity index (χ3n) is 2.71. The molecule has 3 rings (SSSR count). The number of benzene rings is 1. The Morgan fingerprint density at radius 3 is 2.73 bits per heavy atom. The maximum atomic E-state index is 12.1. The minimum absolute atomic E-state index is 0.201. The minimum Gasteiger partial charge on any atom is -0.457 e. The largest absolute Gasteiger partial charge is 0.457 e. The summed E-state index contributed by atoms with van der Waals surface area (Å²) in [6.45, 7) is 0. The smallest absolute Gasteiger partial charge is 0.268 e. The molecule has 0 atom stereocenters. The lowest BCUT2D eigenvalue weighted by Crippen LogP contribution is -2.10. The van der Waals surface area contributed by atoms with Crippen LogP contribution in [0.3, 0.4) is 0 Å². The fraction of sp³-hybridized carbons (Fsp3) is 0. The number of halogens is 1. The topological polar surface area (TPSA) is 64.1 Å². The summed E-state index contributed by atoms with van der Waals surface area (Å²) in [6.07, 6.45) is 3.29. The predicted molar refractivity (Wildman–Crippen MR) is 85.8 cm³/mol. The van der Waals surface area contributed by atoms with Crippen LogP contribution in [0.4, 0.5) is 5.69 Å². The van der Waals surface area contributed by atoms with Gasteiger partial charge in [-0.2, -0.15) is 0 Å². The van der Waals surface area contributed by atoms with Crippen LogP contribution in [0.2, 0.25) is 5.15 Å². The number of anilines is 1. The average molecular weight is 332 g/mol. The van der Waals surface area contributed by atoms with Gasteiger partial charge in [-0.15, -0.1) is 11.3 Å². The molecule has 0 saturated heterocycles. The standard InChI is InChI=1S/C15H10ClN3O2S/c16-14-13(22-9-18-14)15(20)19-10-2-1-3-12(8-10)21-11-4-6-17-7-5-11/h1-9H,(H,19,20). The van der Waals surface area contributed by atoms with Crippen molar-refractivity contribution in [3.8, 4) is 11.5 Å². The van der Waals surface area contributed by atoms with E-state index in [2.05, 4.69) is 15.3 Å². The Balaban J connectivity index is 1.74. The van der Waals surface area contributed by atoms with Crippen LogP contribution < -0.4 is 10.1 Å². The number of thiazole rings is 1. The molecule has 0 bridgehead atoms. The Kier molecular flexibility index (Phi) is 4.32. The van der Waals surface area contributed by atoms with E-state index in [1.165, 1.54) is 16.8 Å². The summed E-state index contributed by atoms with van der Waals surface area (Å²) in [6, 6.07) is 10.6. The molecule has 7 heteroatoms. The van der Waals surface area contributed by atoms with Crippen LogP contribution in [-0.2, 0) is 0 Å². The van der Waals surface area contributed by atoms with E-state index in [9.17, 15) is 4.79 Å². The van der Waals surface area contributed by atoms with Gasteiger partial charge in [0.25, 0.3) is 5.91 Å². The highest BCUT2D eigenvalue weighted by Gasteiger charge is 2.13. The van der Waals surface area contributed by atoms with Gasteiger partial charge in [0, 0.05) is 24.1 Å². The average Bonchev–Trinajstić information content (AvgIpc) is 2.95. The predicted octanol–water partition coefficient (Wildman–Crippen LogP) is 4.24. The van der Waals surface area contributed by atoms with Crippen molar-refractivity contribution in [1.82, 2.24) is 9.97 Å². The van der Waals surface area contributed by atoms with E-state index in [0.29, 0.717) is 22.1 Å². The number of carbonyl (C=O) groups excluding carboxylic acids is 1. The van der Waals surface area contributed by atoms with Gasteiger partial charge in [0.1, 0.15) is 16.4 Å². The number of hydrogen-bond acceptors (Lipinski definition) is 5. The zero-order valence-corrected chi connectivity index (χ0v) is 12.8. The molecule has 1 N–H and O–H groups in total. The number of hydrogen-bond donors (Lipinski definition) is 1. The highest BCUT2D eigenvalue weighted by Crippen LogP contribution is 2.25. The van der Waals surface area contributed by atoms with E-state index in [1.54, 1.807) is 48.8 Å². The molecule has 2 aromatic heterocycles. The van der Waals surface area contributed by atoms with Crippen LogP contribution in [0.1, 0.15) is 9.67 Å². The second kappa shape index (κ2) is 6.55. The summed E-state index contributed by atoms with van der Waals surface area (Å²) in [5.74, 6) is 0.983. The van der Waals surface area contributed by atoms with Crippen molar-refractivity contribution in [3.63, 3.8) is 0 Å². The Bertz CT molecular complexity index is 792. The zero-order valence-electron chi connectivity index (χ0n) is 11.2. The van der Waals surface area contributed by atoms with Crippen molar-refractivity contribution >= 4 is 34.5 Å². The summed E-state index contributed by atoms with van der Waals surface area (Å²) < 4.78 is 5.69. The van der Waals surface area contributed by atoms with Gasteiger partial charge >= 0.3 is 0 Å². The summed E-state index contributed by atoms with van der Waals surface area (Å²) in [7, 11) is 0. The van der Waals surface area contributed by atoms with Crippen molar-refractivity contribution in [2.45, 2.75) is 0 Å². The Hall–Kier alpha value is -2.44. The van der Waals surface area contributed by atoms with E-state index in [0.717, 1.165) is 0 Å². The summed E-state index contributed by atoms with van der Waals surface area (Å²) in [4.78, 5) is 20.2. The van der Waals surface area contributed by atoms with E-state index in [-0.39, 0.29) is 11.1 Å². The van der Waals surface area contributed by atoms with Gasteiger partial charge in [-0.1, -0.05) is 17.7 Å². The number of nitrogens with one attached hydrogen (secondary N) is 1. The minimum atomic E-state index is -0.298. The molecule has 1 aromatic carbocycles. The Labute approximate surface area is 135 Å². The van der Waals surface area contributed by atoms with E-state index in [1.807, 2.05) is 0 Å².